The fraction of sp³-hybridized carbons (Fsp3) is 0.250. The van der Waals surface area contributed by atoms with Gasteiger partial charge in [0.05, 0.1) is 25.5 Å². The van der Waals surface area contributed by atoms with Crippen molar-refractivity contribution in [2.45, 2.75) is 18.1 Å². The number of ether oxygens (including phenoxy) is 2. The SMILES string of the molecule is COC(=O)c1sc(S(=O)(=O)Nc2ccccc2C)c(C(=O)OC)c1C. The third-order valence-corrected chi connectivity index (χ3v) is 6.66. The smallest absolute Gasteiger partial charge is 0.348 e. The zero-order valence-corrected chi connectivity index (χ0v) is 15.7. The lowest BCUT2D eigenvalue weighted by Crippen LogP contribution is -2.16. The molecule has 0 aliphatic carbocycles. The number of carbonyl (C=O) groups is 2. The molecule has 7 nitrogen and oxygen atoms in total. The van der Waals surface area contributed by atoms with E-state index in [-0.39, 0.29) is 20.2 Å². The summed E-state index contributed by atoms with van der Waals surface area (Å²) in [6.07, 6.45) is 0. The molecule has 0 amide bonds. The van der Waals surface area contributed by atoms with Crippen LogP contribution in [0.2, 0.25) is 0 Å². The molecule has 1 aromatic heterocycles. The van der Waals surface area contributed by atoms with Crippen LogP contribution in [0.15, 0.2) is 28.5 Å². The van der Waals surface area contributed by atoms with Crippen LogP contribution in [-0.2, 0) is 19.5 Å². The second-order valence-corrected chi connectivity index (χ2v) is 8.02. The molecule has 2 rings (SSSR count). The van der Waals surface area contributed by atoms with Crippen molar-refractivity contribution in [3.05, 3.63) is 45.8 Å². The molecule has 1 aromatic carbocycles. The standard InChI is InChI=1S/C16H17NO6S2/c1-9-7-5-6-8-11(9)17-25(20,21)16-12(14(18)22-3)10(2)13(24-16)15(19)23-4/h5-8,17H,1-4H3. The molecule has 0 radical (unpaired) electrons. The summed E-state index contributed by atoms with van der Waals surface area (Å²) >= 11 is 0.669. The number of anilines is 1. The summed E-state index contributed by atoms with van der Waals surface area (Å²) in [5.41, 5.74) is 1.12. The summed E-state index contributed by atoms with van der Waals surface area (Å²) in [5, 5.41) is 0. The monoisotopic (exact) mass is 383 g/mol. The lowest BCUT2D eigenvalue weighted by atomic mass is 10.2. The van der Waals surface area contributed by atoms with E-state index in [1.54, 1.807) is 31.2 Å². The molecule has 2 aromatic rings. The predicted octanol–water partition coefficient (Wildman–Crippen LogP) is 2.74. The van der Waals surface area contributed by atoms with Crippen molar-refractivity contribution in [2.24, 2.45) is 0 Å². The highest BCUT2D eigenvalue weighted by Crippen LogP contribution is 2.34. The van der Waals surface area contributed by atoms with Gasteiger partial charge < -0.3 is 9.47 Å². The van der Waals surface area contributed by atoms with Crippen molar-refractivity contribution < 1.29 is 27.5 Å². The van der Waals surface area contributed by atoms with Crippen LogP contribution in [-0.4, -0.2) is 34.6 Å². The third-order valence-electron chi connectivity index (χ3n) is 3.51. The molecule has 0 aliphatic rings. The van der Waals surface area contributed by atoms with E-state index in [1.165, 1.54) is 14.0 Å². The van der Waals surface area contributed by atoms with Gasteiger partial charge in [-0.15, -0.1) is 11.3 Å². The molecule has 0 unspecified atom stereocenters. The van der Waals surface area contributed by atoms with Crippen LogP contribution in [0.1, 0.15) is 31.2 Å². The highest BCUT2D eigenvalue weighted by molar-refractivity contribution is 7.94. The van der Waals surface area contributed by atoms with Crippen molar-refractivity contribution in [1.29, 1.82) is 0 Å². The van der Waals surface area contributed by atoms with Crippen LogP contribution in [0.3, 0.4) is 0 Å². The van der Waals surface area contributed by atoms with Gasteiger partial charge in [0.1, 0.15) is 4.88 Å². The van der Waals surface area contributed by atoms with Crippen LogP contribution in [0.4, 0.5) is 5.69 Å². The zero-order chi connectivity index (χ0) is 18.8. The van der Waals surface area contributed by atoms with E-state index >= 15 is 0 Å². The van der Waals surface area contributed by atoms with Gasteiger partial charge in [0.15, 0.2) is 4.21 Å². The Balaban J connectivity index is 2.62. The quantitative estimate of drug-likeness (QED) is 0.797. The van der Waals surface area contributed by atoms with Crippen LogP contribution < -0.4 is 4.72 Å². The highest BCUT2D eigenvalue weighted by Gasteiger charge is 2.32. The Labute approximate surface area is 149 Å². The molecular weight excluding hydrogens is 366 g/mol. The van der Waals surface area contributed by atoms with Crippen LogP contribution in [0, 0.1) is 13.8 Å². The number of hydrogen-bond acceptors (Lipinski definition) is 7. The topological polar surface area (TPSA) is 98.8 Å². The molecule has 0 spiro atoms. The molecule has 9 heteroatoms. The Hall–Kier alpha value is -2.39. The van der Waals surface area contributed by atoms with E-state index in [4.69, 9.17) is 0 Å². The summed E-state index contributed by atoms with van der Waals surface area (Å²) in [7, 11) is -1.78. The maximum Gasteiger partial charge on any atom is 0.348 e. The van der Waals surface area contributed by atoms with Crippen molar-refractivity contribution in [2.75, 3.05) is 18.9 Å². The fourth-order valence-electron chi connectivity index (χ4n) is 2.18. The fourth-order valence-corrected chi connectivity index (χ4v) is 5.06. The summed E-state index contributed by atoms with van der Waals surface area (Å²) in [4.78, 5) is 24.0. The Bertz CT molecular complexity index is 930. The van der Waals surface area contributed by atoms with Crippen molar-refractivity contribution >= 4 is 39.0 Å². The maximum atomic E-state index is 12.8. The second kappa shape index (κ2) is 7.24. The lowest BCUT2D eigenvalue weighted by Gasteiger charge is -2.10. The summed E-state index contributed by atoms with van der Waals surface area (Å²) in [6, 6.07) is 6.81. The number of carbonyl (C=O) groups excluding carboxylic acids is 2. The molecule has 0 aliphatic heterocycles. The van der Waals surface area contributed by atoms with E-state index in [0.29, 0.717) is 22.6 Å². The highest BCUT2D eigenvalue weighted by atomic mass is 32.2. The third kappa shape index (κ3) is 3.67. The van der Waals surface area contributed by atoms with E-state index in [9.17, 15) is 18.0 Å². The van der Waals surface area contributed by atoms with Crippen molar-refractivity contribution in [3.63, 3.8) is 0 Å². The van der Waals surface area contributed by atoms with E-state index in [0.717, 1.165) is 7.11 Å². The van der Waals surface area contributed by atoms with Gasteiger partial charge in [0.25, 0.3) is 10.0 Å². The van der Waals surface area contributed by atoms with Crippen LogP contribution >= 0.6 is 11.3 Å². The predicted molar refractivity (Wildman–Crippen MR) is 93.7 cm³/mol. The number of nitrogens with one attached hydrogen (secondary N) is 1. The summed E-state index contributed by atoms with van der Waals surface area (Å²) in [6.45, 7) is 3.22. The molecule has 0 fully saturated rings. The van der Waals surface area contributed by atoms with E-state index < -0.39 is 22.0 Å². The minimum atomic E-state index is -4.11. The summed E-state index contributed by atoms with van der Waals surface area (Å²) < 4.78 is 37.1. The van der Waals surface area contributed by atoms with E-state index in [1.807, 2.05) is 0 Å². The van der Waals surface area contributed by atoms with Gasteiger partial charge in [-0.25, -0.2) is 18.0 Å². The molecule has 134 valence electrons. The Morgan fingerprint density at radius 3 is 2.20 bits per heavy atom. The number of methoxy groups -OCH3 is 2. The maximum absolute atomic E-state index is 12.8. The van der Waals surface area contributed by atoms with Gasteiger partial charge >= 0.3 is 11.9 Å². The average Bonchev–Trinajstić information content (AvgIpc) is 2.93. The number of hydrogen-bond donors (Lipinski definition) is 1. The largest absolute Gasteiger partial charge is 0.465 e. The first-order valence-electron chi connectivity index (χ1n) is 7.11. The molecule has 1 N–H and O–H groups in total. The second-order valence-electron chi connectivity index (χ2n) is 5.12. The van der Waals surface area contributed by atoms with Gasteiger partial charge in [-0.2, -0.15) is 0 Å². The number of para-hydroxylation sites is 1. The number of thiophene rings is 1. The first-order chi connectivity index (χ1) is 11.7. The molecule has 0 saturated carbocycles. The molecular formula is C16H17NO6S2. The Morgan fingerprint density at radius 2 is 1.64 bits per heavy atom. The number of rotatable bonds is 5. The average molecular weight is 383 g/mol. The minimum Gasteiger partial charge on any atom is -0.465 e. The van der Waals surface area contributed by atoms with Crippen molar-refractivity contribution in [3.8, 4) is 0 Å². The molecule has 0 atom stereocenters. The van der Waals surface area contributed by atoms with Crippen LogP contribution in [0.5, 0.6) is 0 Å². The molecule has 0 bridgehead atoms. The van der Waals surface area contributed by atoms with Gasteiger partial charge in [-0.05, 0) is 31.0 Å². The van der Waals surface area contributed by atoms with E-state index in [2.05, 4.69) is 14.2 Å². The molecule has 25 heavy (non-hydrogen) atoms. The first kappa shape index (κ1) is 18.9. The lowest BCUT2D eigenvalue weighted by molar-refractivity contribution is 0.0596. The number of aryl methyl sites for hydroxylation is 1. The Kier molecular flexibility index (Phi) is 5.48. The number of esters is 2. The number of benzene rings is 1. The van der Waals surface area contributed by atoms with Crippen molar-refractivity contribution in [1.82, 2.24) is 0 Å². The molecule has 1 heterocycles. The minimum absolute atomic E-state index is 0.0352. The first-order valence-corrected chi connectivity index (χ1v) is 9.41. The van der Waals surface area contributed by atoms with Gasteiger partial charge in [-0.3, -0.25) is 4.72 Å². The van der Waals surface area contributed by atoms with Gasteiger partial charge in [0, 0.05) is 0 Å². The normalized spacial score (nSPS) is 11.0. The number of sulfonamides is 1. The van der Waals surface area contributed by atoms with Crippen LogP contribution in [0.25, 0.3) is 0 Å². The molecule has 0 saturated heterocycles. The van der Waals surface area contributed by atoms with Gasteiger partial charge in [0.2, 0.25) is 0 Å². The zero-order valence-electron chi connectivity index (χ0n) is 14.1. The Morgan fingerprint density at radius 1 is 1.04 bits per heavy atom. The summed E-state index contributed by atoms with van der Waals surface area (Å²) in [5.74, 6) is -1.56. The van der Waals surface area contributed by atoms with Gasteiger partial charge in [-0.1, -0.05) is 18.2 Å².